The number of imide groups is 1. The van der Waals surface area contributed by atoms with E-state index in [2.05, 4.69) is 31.1 Å². The third kappa shape index (κ3) is 11.5. The average Bonchev–Trinajstić information content (AvgIpc) is 4.02. The highest BCUT2D eigenvalue weighted by Gasteiger charge is 2.32. The first-order valence-electron chi connectivity index (χ1n) is 23.3. The first-order chi connectivity index (χ1) is 33.1. The van der Waals surface area contributed by atoms with Crippen LogP contribution in [0, 0.1) is 0 Å². The van der Waals surface area contributed by atoms with Crippen LogP contribution in [0.1, 0.15) is 98.9 Å². The van der Waals surface area contributed by atoms with E-state index < -0.39 is 35.6 Å². The summed E-state index contributed by atoms with van der Waals surface area (Å²) in [5.41, 5.74) is 2.83. The second-order valence-corrected chi connectivity index (χ2v) is 18.3. The number of unbranched alkanes of at least 4 members (excludes halogenated alkanes) is 2. The third-order valence-electron chi connectivity index (χ3n) is 12.2. The maximum atomic E-state index is 14.2. The van der Waals surface area contributed by atoms with Crippen LogP contribution in [0.15, 0.2) is 71.9 Å². The van der Waals surface area contributed by atoms with E-state index in [0.717, 1.165) is 55.3 Å². The minimum absolute atomic E-state index is 0.0970. The highest BCUT2D eigenvalue weighted by Crippen LogP contribution is 2.29. The fourth-order valence-corrected chi connectivity index (χ4v) is 8.49. The quantitative estimate of drug-likeness (QED) is 0.0702. The summed E-state index contributed by atoms with van der Waals surface area (Å²) in [4.78, 5) is 71.6. The highest BCUT2D eigenvalue weighted by molar-refractivity contribution is 6.08. The Balaban J connectivity index is 0.747. The molecule has 6 aromatic rings. The number of benzene rings is 2. The standard InChI is InChI=1S/C48H58F2N12O7/c1-48(2,3)69-47(67)59-23-21-58(22-24-59)39-18-20-60-43(54-39)34(29-52-60)44(64)53-35-30-61(56-41(35)42(49)50)33-13-10-32(11-14-33)28-51-19-6-8-26-68-25-7-5-9-31-12-15-36-38(27-31)57(4)46(66)62(36)37-16-17-40(63)55-45(37)65/h10-15,18,20,27,29-30,37,42,51H,5-9,16-17,19,21-26,28H2,1-4H3,(H,53,64)(H,55,63,65). The first-order valence-corrected chi connectivity index (χ1v) is 23.3. The number of aryl methyl sites for hydroxylation is 2. The Bertz CT molecular complexity index is 2870. The summed E-state index contributed by atoms with van der Waals surface area (Å²) < 4.78 is 45.7. The maximum Gasteiger partial charge on any atom is 0.410 e. The summed E-state index contributed by atoms with van der Waals surface area (Å²) in [6.07, 6.45) is 6.00. The third-order valence-corrected chi connectivity index (χ3v) is 12.2. The second-order valence-electron chi connectivity index (χ2n) is 18.3. The second kappa shape index (κ2) is 21.1. The Morgan fingerprint density at radius 2 is 1.67 bits per heavy atom. The van der Waals surface area contributed by atoms with Gasteiger partial charge in [0.2, 0.25) is 11.8 Å². The molecule has 2 saturated heterocycles. The van der Waals surface area contributed by atoms with Crippen LogP contribution in [-0.4, -0.2) is 114 Å². The molecule has 4 aromatic heterocycles. The van der Waals surface area contributed by atoms with Gasteiger partial charge in [0.15, 0.2) is 11.3 Å². The van der Waals surface area contributed by atoms with Crippen molar-refractivity contribution in [2.75, 3.05) is 56.2 Å². The fraction of sp³-hybridized carbons (Fsp3) is 0.458. The summed E-state index contributed by atoms with van der Waals surface area (Å²) in [7, 11) is 1.69. The number of piperazine rings is 1. The number of nitrogens with zero attached hydrogens (tertiary/aromatic N) is 9. The van der Waals surface area contributed by atoms with Crippen LogP contribution in [-0.2, 0) is 39.1 Å². The van der Waals surface area contributed by atoms with Gasteiger partial charge in [-0.2, -0.15) is 10.2 Å². The summed E-state index contributed by atoms with van der Waals surface area (Å²) in [5.74, 6) is -0.850. The number of ether oxygens (including phenoxy) is 2. The lowest BCUT2D eigenvalue weighted by atomic mass is 10.0. The van der Waals surface area contributed by atoms with Crippen molar-refractivity contribution in [1.82, 2.24) is 49.0 Å². The van der Waals surface area contributed by atoms with Gasteiger partial charge in [0.1, 0.15) is 23.0 Å². The normalized spacial score (nSPS) is 15.7. The van der Waals surface area contributed by atoms with Crippen molar-refractivity contribution < 1.29 is 37.4 Å². The van der Waals surface area contributed by atoms with Gasteiger partial charge in [-0.1, -0.05) is 18.2 Å². The molecule has 0 radical (unpaired) electrons. The molecular weight excluding hydrogens is 895 g/mol. The molecule has 8 rings (SSSR count). The van der Waals surface area contributed by atoms with Gasteiger partial charge in [0.05, 0.1) is 34.8 Å². The number of piperidine rings is 1. The number of anilines is 2. The molecule has 21 heteroatoms. The summed E-state index contributed by atoms with van der Waals surface area (Å²) >= 11 is 0. The van der Waals surface area contributed by atoms with Gasteiger partial charge in [-0.05, 0) is 107 Å². The van der Waals surface area contributed by atoms with Crippen LogP contribution in [0.2, 0.25) is 0 Å². The molecule has 0 saturated carbocycles. The molecule has 4 amide bonds. The van der Waals surface area contributed by atoms with Crippen molar-refractivity contribution in [2.24, 2.45) is 7.05 Å². The van der Waals surface area contributed by atoms with E-state index in [1.54, 1.807) is 40.9 Å². The van der Waals surface area contributed by atoms with Crippen molar-refractivity contribution in [2.45, 2.75) is 90.3 Å². The SMILES string of the molecule is Cn1c(=O)n(C2CCC(=O)NC2=O)c2ccc(CCCCOCCCCNCc3ccc(-n4cc(NC(=O)c5cnn6ccc(N7CCN(C(=O)OC(C)(C)C)CC7)nc56)c(C(F)F)n4)cc3)cc21. The molecule has 3 N–H and O–H groups in total. The van der Waals surface area contributed by atoms with Gasteiger partial charge in [-0.3, -0.25) is 28.8 Å². The van der Waals surface area contributed by atoms with Crippen LogP contribution in [0.3, 0.4) is 0 Å². The zero-order valence-corrected chi connectivity index (χ0v) is 39.3. The number of carbonyl (C=O) groups excluding carboxylic acids is 4. The smallest absolute Gasteiger partial charge is 0.410 e. The number of hydrogen-bond acceptors (Lipinski definition) is 12. The van der Waals surface area contributed by atoms with Crippen LogP contribution in [0.25, 0.3) is 22.4 Å². The number of aromatic nitrogens is 7. The number of carbonyl (C=O) groups is 4. The van der Waals surface area contributed by atoms with Crippen molar-refractivity contribution in [3.05, 3.63) is 100.0 Å². The Labute approximate surface area is 396 Å². The molecule has 0 spiro atoms. The minimum Gasteiger partial charge on any atom is -0.444 e. The highest BCUT2D eigenvalue weighted by atomic mass is 19.3. The molecule has 2 aliphatic heterocycles. The summed E-state index contributed by atoms with van der Waals surface area (Å²) in [6, 6.07) is 14.3. The largest absolute Gasteiger partial charge is 0.444 e. The van der Waals surface area contributed by atoms with E-state index in [-0.39, 0.29) is 41.0 Å². The number of halogens is 2. The molecule has 2 aromatic carbocycles. The van der Waals surface area contributed by atoms with Gasteiger partial charge in [-0.15, -0.1) is 0 Å². The first kappa shape index (κ1) is 48.5. The van der Waals surface area contributed by atoms with E-state index in [0.29, 0.717) is 69.4 Å². The predicted molar refractivity (Wildman–Crippen MR) is 253 cm³/mol. The van der Waals surface area contributed by atoms with Crippen molar-refractivity contribution in [1.29, 1.82) is 0 Å². The minimum atomic E-state index is -2.95. The summed E-state index contributed by atoms with van der Waals surface area (Å²) in [5, 5.41) is 16.7. The van der Waals surface area contributed by atoms with Crippen molar-refractivity contribution in [3.63, 3.8) is 0 Å². The molecule has 6 heterocycles. The fourth-order valence-electron chi connectivity index (χ4n) is 8.49. The number of amides is 4. The average molecular weight is 953 g/mol. The molecule has 19 nitrogen and oxygen atoms in total. The van der Waals surface area contributed by atoms with Crippen molar-refractivity contribution >= 4 is 52.0 Å². The molecule has 1 unspecified atom stereocenters. The van der Waals surface area contributed by atoms with Crippen LogP contribution < -0.4 is 26.5 Å². The van der Waals surface area contributed by atoms with E-state index in [4.69, 9.17) is 9.47 Å². The molecule has 2 fully saturated rings. The van der Waals surface area contributed by atoms with Crippen LogP contribution in [0.4, 0.5) is 25.1 Å². The number of nitrogens with one attached hydrogen (secondary N) is 3. The Morgan fingerprint density at radius 1 is 0.928 bits per heavy atom. The molecule has 0 bridgehead atoms. The number of fused-ring (bicyclic) bond motifs is 2. The molecule has 1 atom stereocenters. The van der Waals surface area contributed by atoms with Gasteiger partial charge in [0, 0.05) is 65.6 Å². The van der Waals surface area contributed by atoms with E-state index in [1.165, 1.54) is 26.2 Å². The lowest BCUT2D eigenvalue weighted by Gasteiger charge is -2.36. The van der Waals surface area contributed by atoms with E-state index in [1.807, 2.05) is 56.0 Å². The predicted octanol–water partition coefficient (Wildman–Crippen LogP) is 5.70. The number of hydrogen-bond donors (Lipinski definition) is 3. The van der Waals surface area contributed by atoms with Gasteiger partial charge in [-0.25, -0.2) is 32.6 Å². The molecule has 366 valence electrons. The molecule has 0 aliphatic carbocycles. The van der Waals surface area contributed by atoms with Gasteiger partial charge in [0.25, 0.3) is 12.3 Å². The van der Waals surface area contributed by atoms with Crippen molar-refractivity contribution in [3.8, 4) is 5.69 Å². The molecular formula is C48H58F2N12O7. The number of rotatable bonds is 18. The van der Waals surface area contributed by atoms with Gasteiger partial charge >= 0.3 is 11.8 Å². The molecule has 2 aliphatic rings. The lowest BCUT2D eigenvalue weighted by molar-refractivity contribution is -0.135. The zero-order valence-electron chi connectivity index (χ0n) is 39.3. The summed E-state index contributed by atoms with van der Waals surface area (Å²) in [6.45, 7) is 10.0. The maximum absolute atomic E-state index is 14.2. The zero-order chi connectivity index (χ0) is 48.8. The number of alkyl halides is 2. The Hall–Kier alpha value is -7.00. The molecule has 69 heavy (non-hydrogen) atoms. The number of imidazole rings is 1. The topological polar surface area (TPSA) is 204 Å². The van der Waals surface area contributed by atoms with E-state index >= 15 is 0 Å². The van der Waals surface area contributed by atoms with Gasteiger partial charge < -0.3 is 29.9 Å². The monoisotopic (exact) mass is 952 g/mol. The van der Waals surface area contributed by atoms with Crippen LogP contribution >= 0.6 is 0 Å². The Kier molecular flexibility index (Phi) is 14.8. The Morgan fingerprint density at radius 3 is 2.39 bits per heavy atom. The lowest BCUT2D eigenvalue weighted by Crippen LogP contribution is -2.50. The van der Waals surface area contributed by atoms with Crippen LogP contribution in [0.5, 0.6) is 0 Å². The van der Waals surface area contributed by atoms with E-state index in [9.17, 15) is 32.8 Å².